The van der Waals surface area contributed by atoms with E-state index in [0.717, 1.165) is 16.7 Å². The first-order valence-corrected chi connectivity index (χ1v) is 5.85. The zero-order chi connectivity index (χ0) is 12.4. The molecule has 0 atom stereocenters. The van der Waals surface area contributed by atoms with Gasteiger partial charge in [0.05, 0.1) is 6.54 Å². The van der Waals surface area contributed by atoms with E-state index < -0.39 is 5.97 Å². The molecule has 6 nitrogen and oxygen atoms in total. The van der Waals surface area contributed by atoms with Crippen molar-refractivity contribution >= 4 is 28.9 Å². The Morgan fingerprint density at radius 3 is 2.82 bits per heavy atom. The number of amides is 2. The van der Waals surface area contributed by atoms with Crippen molar-refractivity contribution in [3.05, 3.63) is 23.7 Å². The summed E-state index contributed by atoms with van der Waals surface area (Å²) in [5.74, 6) is -0.868. The molecule has 0 aromatic carbocycles. The molecule has 1 fully saturated rings. The zero-order valence-electron chi connectivity index (χ0n) is 8.71. The number of nitrogens with zero attached hydrogens (tertiary/aromatic N) is 1. The average molecular weight is 255 g/mol. The van der Waals surface area contributed by atoms with Gasteiger partial charge in [-0.25, -0.2) is 4.79 Å². The van der Waals surface area contributed by atoms with Gasteiger partial charge in [-0.05, 0) is 12.1 Å². The van der Waals surface area contributed by atoms with Gasteiger partial charge in [0.15, 0.2) is 0 Å². The Hall–Kier alpha value is -1.76. The first kappa shape index (κ1) is 11.7. The lowest BCUT2D eigenvalue weighted by Crippen LogP contribution is -2.37. The third kappa shape index (κ3) is 2.50. The maximum atomic E-state index is 11.5. The monoisotopic (exact) mass is 255 g/mol. The van der Waals surface area contributed by atoms with E-state index in [0.29, 0.717) is 12.2 Å². The van der Waals surface area contributed by atoms with Gasteiger partial charge in [0.1, 0.15) is 5.76 Å². The fourth-order valence-corrected chi connectivity index (χ4v) is 2.20. The lowest BCUT2D eigenvalue weighted by Gasteiger charge is -2.22. The van der Waals surface area contributed by atoms with E-state index in [-0.39, 0.29) is 29.2 Å². The van der Waals surface area contributed by atoms with Crippen LogP contribution in [0, 0.1) is 0 Å². The summed E-state index contributed by atoms with van der Waals surface area (Å²) in [5.41, 5.74) is 0. The van der Waals surface area contributed by atoms with Crippen molar-refractivity contribution in [3.8, 4) is 0 Å². The van der Waals surface area contributed by atoms with E-state index in [9.17, 15) is 14.4 Å². The fraction of sp³-hybridized carbons (Fsp3) is 0.300. The van der Waals surface area contributed by atoms with Crippen molar-refractivity contribution in [2.24, 2.45) is 0 Å². The van der Waals surface area contributed by atoms with Crippen molar-refractivity contribution < 1.29 is 23.9 Å². The lowest BCUT2D eigenvalue weighted by atomic mass is 10.3. The summed E-state index contributed by atoms with van der Waals surface area (Å²) in [6, 6.07) is 2.74. The largest absolute Gasteiger partial charge is 0.475 e. The van der Waals surface area contributed by atoms with Crippen molar-refractivity contribution in [2.75, 3.05) is 5.75 Å². The first-order chi connectivity index (χ1) is 8.08. The summed E-state index contributed by atoms with van der Waals surface area (Å²) < 4.78 is 4.99. The Labute approximate surface area is 101 Å². The molecular weight excluding hydrogens is 246 g/mol. The van der Waals surface area contributed by atoms with Crippen LogP contribution in [0.15, 0.2) is 16.5 Å². The third-order valence-electron chi connectivity index (χ3n) is 2.25. The highest BCUT2D eigenvalue weighted by Gasteiger charge is 2.27. The van der Waals surface area contributed by atoms with Crippen molar-refractivity contribution in [3.63, 3.8) is 0 Å². The van der Waals surface area contributed by atoms with Crippen LogP contribution < -0.4 is 0 Å². The molecule has 90 valence electrons. The molecule has 1 aliphatic heterocycles. The van der Waals surface area contributed by atoms with Crippen LogP contribution in [-0.2, 0) is 11.3 Å². The number of carboxylic acids is 1. The third-order valence-corrected chi connectivity index (χ3v) is 3.12. The lowest BCUT2D eigenvalue weighted by molar-refractivity contribution is -0.128. The maximum absolute atomic E-state index is 11.5. The Morgan fingerprint density at radius 2 is 2.24 bits per heavy atom. The predicted octanol–water partition coefficient (Wildman–Crippen LogP) is 1.56. The molecule has 1 aromatic heterocycles. The Bertz CT molecular complexity index is 465. The van der Waals surface area contributed by atoms with Crippen LogP contribution in [0.1, 0.15) is 22.7 Å². The predicted molar refractivity (Wildman–Crippen MR) is 58.7 cm³/mol. The molecule has 0 spiro atoms. The Kier molecular flexibility index (Phi) is 3.19. The zero-order valence-corrected chi connectivity index (χ0v) is 9.53. The molecule has 0 saturated carbocycles. The van der Waals surface area contributed by atoms with E-state index in [1.165, 1.54) is 12.1 Å². The summed E-state index contributed by atoms with van der Waals surface area (Å²) in [5, 5.41) is 8.34. The van der Waals surface area contributed by atoms with Crippen molar-refractivity contribution in [1.29, 1.82) is 0 Å². The highest BCUT2D eigenvalue weighted by Crippen LogP contribution is 2.21. The normalized spacial score (nSPS) is 16.4. The topological polar surface area (TPSA) is 87.8 Å². The van der Waals surface area contributed by atoms with Gasteiger partial charge in [0.25, 0.3) is 5.24 Å². The number of hydrogen-bond donors (Lipinski definition) is 1. The number of imide groups is 1. The van der Waals surface area contributed by atoms with Crippen LogP contribution in [0.4, 0.5) is 4.79 Å². The van der Waals surface area contributed by atoms with Gasteiger partial charge in [0, 0.05) is 12.2 Å². The van der Waals surface area contributed by atoms with E-state index >= 15 is 0 Å². The van der Waals surface area contributed by atoms with Crippen molar-refractivity contribution in [1.82, 2.24) is 4.90 Å². The first-order valence-electron chi connectivity index (χ1n) is 4.87. The number of rotatable bonds is 3. The van der Waals surface area contributed by atoms with E-state index in [1.54, 1.807) is 0 Å². The summed E-state index contributed by atoms with van der Waals surface area (Å²) in [4.78, 5) is 34.6. The van der Waals surface area contributed by atoms with E-state index in [1.807, 2.05) is 0 Å². The SMILES string of the molecule is O=C(O)c1ccc(CN2C(=O)CCSC2=O)o1. The van der Waals surface area contributed by atoms with Gasteiger partial charge in [-0.15, -0.1) is 0 Å². The molecule has 2 heterocycles. The standard InChI is InChI=1S/C10H9NO5S/c12-8-3-4-17-10(15)11(8)5-6-1-2-7(16-6)9(13)14/h1-2H,3-5H2,(H,13,14). The smallest absolute Gasteiger partial charge is 0.371 e. The number of furan rings is 1. The number of carbonyl (C=O) groups is 3. The molecule has 2 rings (SSSR count). The number of thioether (sulfide) groups is 1. The molecular formula is C10H9NO5S. The van der Waals surface area contributed by atoms with Gasteiger partial charge >= 0.3 is 5.97 Å². The second-order valence-electron chi connectivity index (χ2n) is 3.42. The van der Waals surface area contributed by atoms with Crippen LogP contribution in [0.25, 0.3) is 0 Å². The van der Waals surface area contributed by atoms with Gasteiger partial charge in [-0.1, -0.05) is 11.8 Å². The van der Waals surface area contributed by atoms with Crippen molar-refractivity contribution in [2.45, 2.75) is 13.0 Å². The highest BCUT2D eigenvalue weighted by molar-refractivity contribution is 8.13. The van der Waals surface area contributed by atoms with Gasteiger partial charge in [-0.2, -0.15) is 0 Å². The van der Waals surface area contributed by atoms with Crippen LogP contribution >= 0.6 is 11.8 Å². The molecule has 1 N–H and O–H groups in total. The molecule has 17 heavy (non-hydrogen) atoms. The molecule has 0 bridgehead atoms. The number of hydrogen-bond acceptors (Lipinski definition) is 5. The molecule has 0 unspecified atom stereocenters. The molecule has 1 aliphatic rings. The van der Waals surface area contributed by atoms with Crippen LogP contribution in [-0.4, -0.2) is 32.9 Å². The number of carbonyl (C=O) groups excluding carboxylic acids is 2. The minimum Gasteiger partial charge on any atom is -0.475 e. The Balaban J connectivity index is 2.11. The van der Waals surface area contributed by atoms with Gasteiger partial charge in [-0.3, -0.25) is 14.5 Å². The minimum atomic E-state index is -1.18. The number of aromatic carboxylic acids is 1. The molecule has 1 saturated heterocycles. The highest BCUT2D eigenvalue weighted by atomic mass is 32.2. The Morgan fingerprint density at radius 1 is 1.47 bits per heavy atom. The van der Waals surface area contributed by atoms with Crippen LogP contribution in [0.3, 0.4) is 0 Å². The summed E-state index contributed by atoms with van der Waals surface area (Å²) >= 11 is 1.07. The van der Waals surface area contributed by atoms with Crippen LogP contribution in [0.2, 0.25) is 0 Å². The summed E-state index contributed by atoms with van der Waals surface area (Å²) in [6.07, 6.45) is 0.308. The molecule has 0 radical (unpaired) electrons. The fourth-order valence-electron chi connectivity index (χ4n) is 1.43. The quantitative estimate of drug-likeness (QED) is 0.881. The van der Waals surface area contributed by atoms with E-state index in [4.69, 9.17) is 9.52 Å². The summed E-state index contributed by atoms with van der Waals surface area (Å²) in [6.45, 7) is -0.0159. The van der Waals surface area contributed by atoms with Crippen LogP contribution in [0.5, 0.6) is 0 Å². The van der Waals surface area contributed by atoms with E-state index in [2.05, 4.69) is 0 Å². The molecule has 2 amide bonds. The van der Waals surface area contributed by atoms with Gasteiger partial charge < -0.3 is 9.52 Å². The van der Waals surface area contributed by atoms with Gasteiger partial charge in [0.2, 0.25) is 11.7 Å². The maximum Gasteiger partial charge on any atom is 0.371 e. The second kappa shape index (κ2) is 4.62. The molecule has 7 heteroatoms. The second-order valence-corrected chi connectivity index (χ2v) is 4.46. The molecule has 1 aromatic rings. The minimum absolute atomic E-state index is 0.0159. The number of carboxylic acid groups (broad SMARTS) is 1. The summed E-state index contributed by atoms with van der Waals surface area (Å²) in [7, 11) is 0. The molecule has 0 aliphatic carbocycles. The average Bonchev–Trinajstić information content (AvgIpc) is 2.72.